The number of likely N-dealkylation sites (tertiary alicyclic amines) is 1. The van der Waals surface area contributed by atoms with Gasteiger partial charge in [0.1, 0.15) is 18.0 Å². The highest BCUT2D eigenvalue weighted by Gasteiger charge is 2.43. The van der Waals surface area contributed by atoms with Crippen LogP contribution in [0, 0.1) is 0 Å². The second-order valence-corrected chi connectivity index (χ2v) is 5.90. The van der Waals surface area contributed by atoms with Gasteiger partial charge in [-0.05, 0) is 19.1 Å². The van der Waals surface area contributed by atoms with E-state index in [0.717, 1.165) is 0 Å². The number of piperidine rings is 1. The number of ether oxygens (including phenoxy) is 2. The number of amides is 1. The summed E-state index contributed by atoms with van der Waals surface area (Å²) in [6.07, 6.45) is 1.77. The third kappa shape index (κ3) is 2.86. The van der Waals surface area contributed by atoms with Crippen LogP contribution >= 0.6 is 0 Å². The minimum atomic E-state index is -0.451. The lowest BCUT2D eigenvalue weighted by Crippen LogP contribution is -2.52. The first-order valence-electron chi connectivity index (χ1n) is 7.80. The molecule has 5 heteroatoms. The summed E-state index contributed by atoms with van der Waals surface area (Å²) in [5.41, 5.74) is 0.219. The number of carbonyl (C=O) groups excluding carboxylic acids is 2. The molecule has 22 heavy (non-hydrogen) atoms. The maximum Gasteiger partial charge on any atom is 0.248 e. The lowest BCUT2D eigenvalue weighted by atomic mass is 9.82. The van der Waals surface area contributed by atoms with E-state index in [1.165, 1.54) is 0 Å². The first-order valence-corrected chi connectivity index (χ1v) is 7.80. The fourth-order valence-electron chi connectivity index (χ4n) is 3.17. The molecular weight excluding hydrogens is 282 g/mol. The van der Waals surface area contributed by atoms with Crippen molar-refractivity contribution in [1.82, 2.24) is 4.90 Å². The highest BCUT2D eigenvalue weighted by Crippen LogP contribution is 2.39. The van der Waals surface area contributed by atoms with Crippen LogP contribution < -0.4 is 4.74 Å². The Bertz CT molecular complexity index is 576. The maximum atomic E-state index is 12.3. The van der Waals surface area contributed by atoms with Crippen molar-refractivity contribution in [2.75, 3.05) is 26.3 Å². The Morgan fingerprint density at radius 1 is 1.32 bits per heavy atom. The summed E-state index contributed by atoms with van der Waals surface area (Å²) in [6, 6.07) is 7.39. The topological polar surface area (TPSA) is 55.8 Å². The van der Waals surface area contributed by atoms with E-state index in [0.29, 0.717) is 50.3 Å². The Labute approximate surface area is 130 Å². The number of hydrogen-bond donors (Lipinski definition) is 0. The Hall–Kier alpha value is -1.88. The van der Waals surface area contributed by atoms with Gasteiger partial charge >= 0.3 is 0 Å². The summed E-state index contributed by atoms with van der Waals surface area (Å²) in [5.74, 6) is 0.822. The number of benzene rings is 1. The molecule has 1 spiro atoms. The number of Topliss-reactive ketones (excluding diaryl/α,β-unsaturated/α-hetero) is 1. The number of carbonyl (C=O) groups is 2. The van der Waals surface area contributed by atoms with E-state index < -0.39 is 5.60 Å². The number of para-hydroxylation sites is 1. The smallest absolute Gasteiger partial charge is 0.248 e. The van der Waals surface area contributed by atoms with Crippen LogP contribution in [-0.4, -0.2) is 48.5 Å². The zero-order valence-corrected chi connectivity index (χ0v) is 12.8. The van der Waals surface area contributed by atoms with Crippen LogP contribution in [0.4, 0.5) is 0 Å². The lowest BCUT2D eigenvalue weighted by Gasteiger charge is -2.43. The fraction of sp³-hybridized carbons (Fsp3) is 0.529. The van der Waals surface area contributed by atoms with Gasteiger partial charge in [-0.15, -0.1) is 0 Å². The van der Waals surface area contributed by atoms with Crippen LogP contribution in [0.5, 0.6) is 5.75 Å². The van der Waals surface area contributed by atoms with Crippen LogP contribution in [0.15, 0.2) is 24.3 Å². The van der Waals surface area contributed by atoms with E-state index in [1.807, 2.05) is 31.2 Å². The average molecular weight is 303 g/mol. The largest absolute Gasteiger partial charge is 0.486 e. The van der Waals surface area contributed by atoms with Gasteiger partial charge in [-0.1, -0.05) is 12.1 Å². The number of fused-ring (bicyclic) bond motifs is 1. The average Bonchev–Trinajstić information content (AvgIpc) is 2.53. The molecule has 2 aliphatic rings. The molecule has 1 aromatic rings. The van der Waals surface area contributed by atoms with Gasteiger partial charge in [0.05, 0.1) is 12.0 Å². The predicted octanol–water partition coefficient (Wildman–Crippen LogP) is 2.05. The van der Waals surface area contributed by atoms with E-state index in [1.54, 1.807) is 4.90 Å². The lowest BCUT2D eigenvalue weighted by molar-refractivity contribution is -0.139. The van der Waals surface area contributed by atoms with E-state index in [-0.39, 0.29) is 18.3 Å². The Balaban J connectivity index is 1.66. The van der Waals surface area contributed by atoms with Crippen molar-refractivity contribution in [3.8, 4) is 5.75 Å². The maximum absolute atomic E-state index is 12.3. The van der Waals surface area contributed by atoms with Gasteiger partial charge in [0, 0.05) is 32.5 Å². The second-order valence-electron chi connectivity index (χ2n) is 5.90. The fourth-order valence-corrected chi connectivity index (χ4v) is 3.17. The van der Waals surface area contributed by atoms with Crippen LogP contribution in [0.25, 0.3) is 0 Å². The normalized spacial score (nSPS) is 19.7. The van der Waals surface area contributed by atoms with Crippen molar-refractivity contribution in [2.45, 2.75) is 31.8 Å². The van der Waals surface area contributed by atoms with Gasteiger partial charge in [-0.3, -0.25) is 9.59 Å². The van der Waals surface area contributed by atoms with Crippen molar-refractivity contribution in [1.29, 1.82) is 0 Å². The summed E-state index contributed by atoms with van der Waals surface area (Å²) in [7, 11) is 0. The van der Waals surface area contributed by atoms with Gasteiger partial charge in [0.2, 0.25) is 5.91 Å². The van der Waals surface area contributed by atoms with Gasteiger partial charge in [-0.2, -0.15) is 0 Å². The minimum absolute atomic E-state index is 0.0132. The monoisotopic (exact) mass is 303 g/mol. The van der Waals surface area contributed by atoms with E-state index in [2.05, 4.69) is 0 Å². The van der Waals surface area contributed by atoms with Crippen molar-refractivity contribution >= 4 is 11.7 Å². The van der Waals surface area contributed by atoms with Crippen LogP contribution in [0.3, 0.4) is 0 Å². The third-order valence-electron chi connectivity index (χ3n) is 4.45. The quantitative estimate of drug-likeness (QED) is 0.857. The van der Waals surface area contributed by atoms with Crippen LogP contribution in [0.1, 0.15) is 36.5 Å². The zero-order chi connectivity index (χ0) is 15.6. The molecule has 0 atom stereocenters. The molecule has 3 rings (SSSR count). The van der Waals surface area contributed by atoms with E-state index >= 15 is 0 Å². The Morgan fingerprint density at radius 3 is 2.77 bits per heavy atom. The first kappa shape index (κ1) is 15.0. The van der Waals surface area contributed by atoms with Crippen molar-refractivity contribution in [3.05, 3.63) is 29.8 Å². The molecule has 2 heterocycles. The number of nitrogens with zero attached hydrogens (tertiary/aromatic N) is 1. The molecule has 2 aliphatic heterocycles. The highest BCUT2D eigenvalue weighted by molar-refractivity contribution is 6.00. The molecule has 118 valence electrons. The molecule has 1 amide bonds. The van der Waals surface area contributed by atoms with Gasteiger partial charge < -0.3 is 14.4 Å². The molecule has 5 nitrogen and oxygen atoms in total. The summed E-state index contributed by atoms with van der Waals surface area (Å²) >= 11 is 0. The molecule has 0 N–H and O–H groups in total. The molecule has 1 aromatic carbocycles. The van der Waals surface area contributed by atoms with Crippen LogP contribution in [0.2, 0.25) is 0 Å². The highest BCUT2D eigenvalue weighted by atomic mass is 16.5. The van der Waals surface area contributed by atoms with Gasteiger partial charge in [-0.25, -0.2) is 0 Å². The predicted molar refractivity (Wildman–Crippen MR) is 81.1 cm³/mol. The van der Waals surface area contributed by atoms with E-state index in [4.69, 9.17) is 9.47 Å². The molecule has 1 saturated heterocycles. The number of rotatable bonds is 3. The molecule has 0 radical (unpaired) electrons. The summed E-state index contributed by atoms with van der Waals surface area (Å²) in [6.45, 7) is 3.77. The first-order chi connectivity index (χ1) is 10.6. The molecule has 0 aromatic heterocycles. The van der Waals surface area contributed by atoms with Crippen molar-refractivity contribution in [3.63, 3.8) is 0 Å². The Kier molecular flexibility index (Phi) is 4.16. The minimum Gasteiger partial charge on any atom is -0.486 e. The molecule has 1 fully saturated rings. The molecule has 0 unspecified atom stereocenters. The SMILES string of the molecule is CCOCC(=O)N1CCC2(CC1)CC(=O)c1ccccc1O2. The van der Waals surface area contributed by atoms with Gasteiger partial charge in [0.25, 0.3) is 0 Å². The van der Waals surface area contributed by atoms with E-state index in [9.17, 15) is 9.59 Å². The molecular formula is C17H21NO4. The number of ketones is 1. The van der Waals surface area contributed by atoms with Crippen molar-refractivity contribution in [2.24, 2.45) is 0 Å². The van der Waals surface area contributed by atoms with Crippen molar-refractivity contribution < 1.29 is 19.1 Å². The molecule has 0 saturated carbocycles. The summed E-state index contributed by atoms with van der Waals surface area (Å²) in [4.78, 5) is 26.1. The second kappa shape index (κ2) is 6.08. The standard InChI is InChI=1S/C17H21NO4/c1-2-21-12-16(20)18-9-7-17(8-10-18)11-14(19)13-5-3-4-6-15(13)22-17/h3-6H,2,7-12H2,1H3. The summed E-state index contributed by atoms with van der Waals surface area (Å²) in [5, 5.41) is 0. The van der Waals surface area contributed by atoms with Gasteiger partial charge in [0.15, 0.2) is 5.78 Å². The zero-order valence-electron chi connectivity index (χ0n) is 12.8. The molecule has 0 bridgehead atoms. The van der Waals surface area contributed by atoms with Crippen LogP contribution in [-0.2, 0) is 9.53 Å². The third-order valence-corrected chi connectivity index (χ3v) is 4.45. The molecule has 0 aliphatic carbocycles. The Morgan fingerprint density at radius 2 is 2.05 bits per heavy atom. The number of hydrogen-bond acceptors (Lipinski definition) is 4. The summed E-state index contributed by atoms with van der Waals surface area (Å²) < 4.78 is 11.3.